The predicted molar refractivity (Wildman–Crippen MR) is 64.0 cm³/mol. The molecule has 1 fully saturated rings. The summed E-state index contributed by atoms with van der Waals surface area (Å²) in [6.45, 7) is 2.07. The number of carbonyl (C=O) groups excluding carboxylic acids is 1. The predicted octanol–water partition coefficient (Wildman–Crippen LogP) is 1.26. The Morgan fingerprint density at radius 1 is 1.44 bits per heavy atom. The van der Waals surface area contributed by atoms with E-state index < -0.39 is 0 Å². The van der Waals surface area contributed by atoms with E-state index in [1.807, 2.05) is 30.3 Å². The first-order chi connectivity index (χ1) is 7.77. The average molecular weight is 218 g/mol. The number of hydrogen-bond donors (Lipinski definition) is 2. The fourth-order valence-corrected chi connectivity index (χ4v) is 2.35. The zero-order valence-corrected chi connectivity index (χ0v) is 9.36. The van der Waals surface area contributed by atoms with Crippen LogP contribution in [0.4, 0.5) is 0 Å². The van der Waals surface area contributed by atoms with Gasteiger partial charge in [0.15, 0.2) is 0 Å². The van der Waals surface area contributed by atoms with Crippen LogP contribution < -0.4 is 11.1 Å². The van der Waals surface area contributed by atoms with Crippen molar-refractivity contribution >= 4 is 5.91 Å². The quantitative estimate of drug-likeness (QED) is 0.799. The maximum Gasteiger partial charge on any atom is 0.224 e. The smallest absolute Gasteiger partial charge is 0.224 e. The van der Waals surface area contributed by atoms with Crippen LogP contribution in [0.5, 0.6) is 0 Å². The van der Waals surface area contributed by atoms with Gasteiger partial charge in [0.2, 0.25) is 5.91 Å². The number of amides is 1. The molecule has 0 radical (unpaired) electrons. The van der Waals surface area contributed by atoms with E-state index in [1.165, 1.54) is 0 Å². The highest BCUT2D eigenvalue weighted by atomic mass is 16.1. The zero-order valence-electron chi connectivity index (χ0n) is 9.36. The van der Waals surface area contributed by atoms with Crippen LogP contribution in [0.2, 0.25) is 0 Å². The second-order valence-electron chi connectivity index (χ2n) is 4.46. The molecule has 0 aliphatic carbocycles. The summed E-state index contributed by atoms with van der Waals surface area (Å²) in [5.74, 6) is 0.238. The van der Waals surface area contributed by atoms with Crippen LogP contribution in [-0.4, -0.2) is 19.0 Å². The van der Waals surface area contributed by atoms with E-state index in [4.69, 9.17) is 5.73 Å². The maximum absolute atomic E-state index is 11.5. The van der Waals surface area contributed by atoms with Gasteiger partial charge in [-0.1, -0.05) is 30.3 Å². The summed E-state index contributed by atoms with van der Waals surface area (Å²) in [6.07, 6.45) is 2.02. The summed E-state index contributed by atoms with van der Waals surface area (Å²) >= 11 is 0. The van der Waals surface area contributed by atoms with E-state index in [-0.39, 0.29) is 11.8 Å². The van der Waals surface area contributed by atoms with E-state index >= 15 is 0 Å². The lowest BCUT2D eigenvalue weighted by Gasteiger charge is -2.17. The van der Waals surface area contributed by atoms with Gasteiger partial charge in [-0.25, -0.2) is 0 Å². The van der Waals surface area contributed by atoms with Gasteiger partial charge < -0.3 is 11.1 Å². The van der Waals surface area contributed by atoms with Gasteiger partial charge in [0.05, 0.1) is 5.92 Å². The fourth-order valence-electron chi connectivity index (χ4n) is 2.35. The molecule has 0 aromatic heterocycles. The van der Waals surface area contributed by atoms with Crippen molar-refractivity contribution in [2.45, 2.75) is 18.8 Å². The lowest BCUT2D eigenvalue weighted by molar-refractivity contribution is -0.119. The zero-order chi connectivity index (χ0) is 11.4. The Morgan fingerprint density at radius 3 is 2.75 bits per heavy atom. The summed E-state index contributed by atoms with van der Waals surface area (Å²) in [5, 5.41) is 3.32. The number of nitrogens with two attached hydrogens (primary N) is 1. The third kappa shape index (κ3) is 2.61. The highest BCUT2D eigenvalue weighted by Crippen LogP contribution is 2.26. The highest BCUT2D eigenvalue weighted by Gasteiger charge is 2.24. The molecule has 1 aliphatic heterocycles. The number of hydrogen-bond acceptors (Lipinski definition) is 2. The van der Waals surface area contributed by atoms with Crippen LogP contribution in [-0.2, 0) is 4.79 Å². The van der Waals surface area contributed by atoms with Crippen molar-refractivity contribution in [2.24, 2.45) is 11.7 Å². The minimum atomic E-state index is -0.210. The van der Waals surface area contributed by atoms with Gasteiger partial charge in [-0.3, -0.25) is 4.79 Å². The molecule has 0 bridgehead atoms. The molecule has 1 aromatic carbocycles. The molecule has 2 rings (SSSR count). The minimum Gasteiger partial charge on any atom is -0.369 e. The Labute approximate surface area is 96.0 Å². The minimum absolute atomic E-state index is 0.133. The van der Waals surface area contributed by atoms with Crippen LogP contribution in [0.15, 0.2) is 30.3 Å². The molecule has 3 heteroatoms. The van der Waals surface area contributed by atoms with Gasteiger partial charge in [-0.2, -0.15) is 0 Å². The van der Waals surface area contributed by atoms with E-state index in [1.54, 1.807) is 0 Å². The number of rotatable bonds is 4. The van der Waals surface area contributed by atoms with Crippen molar-refractivity contribution in [2.75, 3.05) is 13.1 Å². The van der Waals surface area contributed by atoms with Crippen molar-refractivity contribution in [1.29, 1.82) is 0 Å². The van der Waals surface area contributed by atoms with Gasteiger partial charge in [0, 0.05) is 0 Å². The molecule has 2 unspecified atom stereocenters. The molecule has 16 heavy (non-hydrogen) atoms. The van der Waals surface area contributed by atoms with Crippen molar-refractivity contribution in [3.8, 4) is 0 Å². The maximum atomic E-state index is 11.5. The van der Waals surface area contributed by atoms with Crippen molar-refractivity contribution in [3.63, 3.8) is 0 Å². The van der Waals surface area contributed by atoms with Gasteiger partial charge in [0.25, 0.3) is 0 Å². The highest BCUT2D eigenvalue weighted by molar-refractivity contribution is 5.81. The molecule has 86 valence electrons. The third-order valence-corrected chi connectivity index (χ3v) is 3.28. The Bertz CT molecular complexity index is 344. The van der Waals surface area contributed by atoms with Gasteiger partial charge in [0.1, 0.15) is 0 Å². The summed E-state index contributed by atoms with van der Waals surface area (Å²) in [7, 11) is 0. The molecular weight excluding hydrogens is 200 g/mol. The summed E-state index contributed by atoms with van der Waals surface area (Å²) < 4.78 is 0. The normalized spacial score (nSPS) is 21.9. The van der Waals surface area contributed by atoms with E-state index in [2.05, 4.69) is 5.32 Å². The Hall–Kier alpha value is -1.35. The molecule has 3 nitrogen and oxygen atoms in total. The van der Waals surface area contributed by atoms with Gasteiger partial charge >= 0.3 is 0 Å². The van der Waals surface area contributed by atoms with Crippen molar-refractivity contribution in [1.82, 2.24) is 5.32 Å². The van der Waals surface area contributed by atoms with Crippen LogP contribution >= 0.6 is 0 Å². The van der Waals surface area contributed by atoms with Crippen molar-refractivity contribution in [3.05, 3.63) is 35.9 Å². The lowest BCUT2D eigenvalue weighted by Crippen LogP contribution is -2.24. The fraction of sp³-hybridized carbons (Fsp3) is 0.462. The largest absolute Gasteiger partial charge is 0.369 e. The topological polar surface area (TPSA) is 55.1 Å². The molecule has 1 aromatic rings. The molecule has 1 amide bonds. The second kappa shape index (κ2) is 5.12. The summed E-state index contributed by atoms with van der Waals surface area (Å²) in [6, 6.07) is 9.84. The number of benzene rings is 1. The standard InChI is InChI=1S/C13H18N2O/c14-13(16)12(8-10-6-7-15-9-10)11-4-2-1-3-5-11/h1-5,10,12,15H,6-9H2,(H2,14,16). The van der Waals surface area contributed by atoms with Crippen LogP contribution in [0.25, 0.3) is 0 Å². The molecule has 3 N–H and O–H groups in total. The summed E-state index contributed by atoms with van der Waals surface area (Å²) in [4.78, 5) is 11.5. The van der Waals surface area contributed by atoms with E-state index in [0.717, 1.165) is 31.5 Å². The molecule has 1 heterocycles. The number of primary amides is 1. The monoisotopic (exact) mass is 218 g/mol. The molecule has 1 saturated heterocycles. The molecule has 1 aliphatic rings. The lowest BCUT2D eigenvalue weighted by atomic mass is 9.88. The second-order valence-corrected chi connectivity index (χ2v) is 4.46. The SMILES string of the molecule is NC(=O)C(CC1CCNC1)c1ccccc1. The first-order valence-corrected chi connectivity index (χ1v) is 5.82. The van der Waals surface area contributed by atoms with Crippen LogP contribution in [0.3, 0.4) is 0 Å². The Kier molecular flexibility index (Phi) is 3.57. The molecule has 0 saturated carbocycles. The molecular formula is C13H18N2O. The van der Waals surface area contributed by atoms with Gasteiger partial charge in [-0.15, -0.1) is 0 Å². The first-order valence-electron chi connectivity index (χ1n) is 5.82. The van der Waals surface area contributed by atoms with E-state index in [0.29, 0.717) is 5.92 Å². The average Bonchev–Trinajstić information content (AvgIpc) is 2.79. The first kappa shape index (κ1) is 11.1. The van der Waals surface area contributed by atoms with Crippen LogP contribution in [0, 0.1) is 5.92 Å². The van der Waals surface area contributed by atoms with Crippen molar-refractivity contribution < 1.29 is 4.79 Å². The Balaban J connectivity index is 2.08. The summed E-state index contributed by atoms with van der Waals surface area (Å²) in [5.41, 5.74) is 6.53. The molecule has 2 atom stereocenters. The van der Waals surface area contributed by atoms with E-state index in [9.17, 15) is 4.79 Å². The number of carbonyl (C=O) groups is 1. The van der Waals surface area contributed by atoms with Gasteiger partial charge in [-0.05, 0) is 37.4 Å². The number of nitrogens with one attached hydrogen (secondary N) is 1. The third-order valence-electron chi connectivity index (χ3n) is 3.28. The molecule has 0 spiro atoms. The Morgan fingerprint density at radius 2 is 2.19 bits per heavy atom. The van der Waals surface area contributed by atoms with Crippen LogP contribution in [0.1, 0.15) is 24.3 Å².